The van der Waals surface area contributed by atoms with Gasteiger partial charge in [-0.2, -0.15) is 0 Å². The molecule has 0 unspecified atom stereocenters. The van der Waals surface area contributed by atoms with Gasteiger partial charge in [-0.05, 0) is 68.7 Å². The predicted octanol–water partition coefficient (Wildman–Crippen LogP) is 3.16. The van der Waals surface area contributed by atoms with E-state index in [4.69, 9.17) is 9.72 Å². The highest BCUT2D eigenvalue weighted by Crippen LogP contribution is 2.28. The van der Waals surface area contributed by atoms with E-state index in [-0.39, 0.29) is 17.7 Å². The van der Waals surface area contributed by atoms with Crippen molar-refractivity contribution in [1.82, 2.24) is 19.8 Å². The molecule has 1 aromatic heterocycles. The van der Waals surface area contributed by atoms with Gasteiger partial charge in [-0.15, -0.1) is 0 Å². The predicted molar refractivity (Wildman–Crippen MR) is 124 cm³/mol. The zero-order valence-electron chi connectivity index (χ0n) is 19.4. The van der Waals surface area contributed by atoms with Crippen molar-refractivity contribution in [3.8, 4) is 0 Å². The lowest BCUT2D eigenvalue weighted by Gasteiger charge is -2.32. The lowest BCUT2D eigenvalue weighted by atomic mass is 9.90. The fraction of sp³-hybridized carbons (Fsp3) is 0.538. The van der Waals surface area contributed by atoms with Crippen LogP contribution in [-0.4, -0.2) is 71.0 Å². The van der Waals surface area contributed by atoms with Gasteiger partial charge >= 0.3 is 0 Å². The van der Waals surface area contributed by atoms with E-state index in [9.17, 15) is 9.59 Å². The third-order valence-corrected chi connectivity index (χ3v) is 7.20. The van der Waals surface area contributed by atoms with Crippen LogP contribution in [0.15, 0.2) is 24.4 Å². The minimum Gasteiger partial charge on any atom is -0.378 e. The number of hydrogen-bond donors (Lipinski definition) is 0. The van der Waals surface area contributed by atoms with Crippen molar-refractivity contribution in [2.24, 2.45) is 0 Å². The zero-order valence-corrected chi connectivity index (χ0v) is 19.4. The maximum absolute atomic E-state index is 13.3. The van der Waals surface area contributed by atoms with E-state index < -0.39 is 0 Å². The SMILES string of the molecule is Cc1nc([C@@H]2CCCN(C(=O)c3ccc4c(c3)CCCC4)C2)ncc1C(=O)N1CCOCC1. The molecule has 1 aliphatic carbocycles. The second kappa shape index (κ2) is 9.59. The van der Waals surface area contributed by atoms with Crippen LogP contribution in [0.1, 0.15) is 75.0 Å². The average molecular weight is 449 g/mol. The van der Waals surface area contributed by atoms with Crippen molar-refractivity contribution in [3.05, 3.63) is 58.2 Å². The molecule has 1 aromatic carbocycles. The van der Waals surface area contributed by atoms with Crippen molar-refractivity contribution < 1.29 is 14.3 Å². The summed E-state index contributed by atoms with van der Waals surface area (Å²) in [6.45, 7) is 5.59. The van der Waals surface area contributed by atoms with Crippen LogP contribution < -0.4 is 0 Å². The van der Waals surface area contributed by atoms with E-state index in [0.29, 0.717) is 44.1 Å². The topological polar surface area (TPSA) is 75.6 Å². The molecule has 7 heteroatoms. The number of carbonyl (C=O) groups is 2. The standard InChI is InChI=1S/C26H32N4O3/c1-18-23(26(32)29-11-13-33-14-12-29)16-27-24(28-18)22-7-4-10-30(17-22)25(31)21-9-8-19-5-2-3-6-20(19)15-21/h8-9,15-16,22H,2-7,10-14,17H2,1H3/t22-/m1/s1. The number of rotatable bonds is 3. The molecule has 3 aliphatic rings. The summed E-state index contributed by atoms with van der Waals surface area (Å²) in [6, 6.07) is 6.23. The first-order valence-corrected chi connectivity index (χ1v) is 12.2. The van der Waals surface area contributed by atoms with Crippen molar-refractivity contribution in [2.45, 2.75) is 51.4 Å². The lowest BCUT2D eigenvalue weighted by Crippen LogP contribution is -2.41. The molecule has 2 fully saturated rings. The molecule has 2 aromatic rings. The van der Waals surface area contributed by atoms with Crippen molar-refractivity contribution in [2.75, 3.05) is 39.4 Å². The van der Waals surface area contributed by atoms with Gasteiger partial charge in [0.15, 0.2) is 0 Å². The number of fused-ring (bicyclic) bond motifs is 1. The summed E-state index contributed by atoms with van der Waals surface area (Å²) in [5.41, 5.74) is 4.78. The van der Waals surface area contributed by atoms with Gasteiger partial charge < -0.3 is 14.5 Å². The van der Waals surface area contributed by atoms with Crippen molar-refractivity contribution in [3.63, 3.8) is 0 Å². The maximum Gasteiger partial charge on any atom is 0.257 e. The Labute approximate surface area is 195 Å². The van der Waals surface area contributed by atoms with Gasteiger partial charge in [0.25, 0.3) is 11.8 Å². The third kappa shape index (κ3) is 4.64. The molecule has 0 N–H and O–H groups in total. The minimum absolute atomic E-state index is 0.0322. The van der Waals surface area contributed by atoms with E-state index in [2.05, 4.69) is 17.1 Å². The first-order chi connectivity index (χ1) is 16.1. The molecule has 3 heterocycles. The van der Waals surface area contributed by atoms with E-state index in [1.165, 1.54) is 24.0 Å². The molecule has 33 heavy (non-hydrogen) atoms. The average Bonchev–Trinajstić information content (AvgIpc) is 2.88. The zero-order chi connectivity index (χ0) is 22.8. The molecule has 2 saturated heterocycles. The number of aromatic nitrogens is 2. The lowest BCUT2D eigenvalue weighted by molar-refractivity contribution is 0.0301. The second-order valence-electron chi connectivity index (χ2n) is 9.41. The number of morpholine rings is 1. The van der Waals surface area contributed by atoms with Crippen LogP contribution in [0.5, 0.6) is 0 Å². The number of amides is 2. The number of piperidine rings is 1. The number of benzene rings is 1. The summed E-state index contributed by atoms with van der Waals surface area (Å²) in [4.78, 5) is 39.2. The molecule has 1 atom stereocenters. The van der Waals surface area contributed by atoms with Crippen molar-refractivity contribution in [1.29, 1.82) is 0 Å². The molecule has 2 aliphatic heterocycles. The van der Waals surface area contributed by atoms with Crippen LogP contribution in [0.3, 0.4) is 0 Å². The summed E-state index contributed by atoms with van der Waals surface area (Å²) >= 11 is 0. The van der Waals surface area contributed by atoms with Gasteiger partial charge in [0.1, 0.15) is 5.82 Å². The maximum atomic E-state index is 13.3. The van der Waals surface area contributed by atoms with Crippen LogP contribution in [0.25, 0.3) is 0 Å². The molecule has 174 valence electrons. The minimum atomic E-state index is -0.0322. The first-order valence-electron chi connectivity index (χ1n) is 12.2. The summed E-state index contributed by atoms with van der Waals surface area (Å²) in [5, 5.41) is 0. The highest BCUT2D eigenvalue weighted by molar-refractivity contribution is 5.95. The van der Waals surface area contributed by atoms with E-state index in [0.717, 1.165) is 43.6 Å². The van der Waals surface area contributed by atoms with Gasteiger partial charge in [0, 0.05) is 43.9 Å². The second-order valence-corrected chi connectivity index (χ2v) is 9.41. The molecule has 7 nitrogen and oxygen atoms in total. The first kappa shape index (κ1) is 22.0. The van der Waals surface area contributed by atoms with E-state index in [1.807, 2.05) is 17.9 Å². The molecular formula is C26H32N4O3. The van der Waals surface area contributed by atoms with Crippen LogP contribution >= 0.6 is 0 Å². The fourth-order valence-corrected chi connectivity index (χ4v) is 5.25. The Morgan fingerprint density at radius 2 is 1.76 bits per heavy atom. The smallest absolute Gasteiger partial charge is 0.257 e. The summed E-state index contributed by atoms with van der Waals surface area (Å²) in [7, 11) is 0. The Balaban J connectivity index is 1.29. The molecule has 0 bridgehead atoms. The van der Waals surface area contributed by atoms with Gasteiger partial charge in [-0.25, -0.2) is 9.97 Å². The molecule has 0 spiro atoms. The Kier molecular flexibility index (Phi) is 6.40. The molecule has 0 saturated carbocycles. The number of carbonyl (C=O) groups excluding carboxylic acids is 2. The number of ether oxygens (including phenoxy) is 1. The summed E-state index contributed by atoms with van der Waals surface area (Å²) in [5.74, 6) is 0.889. The third-order valence-electron chi connectivity index (χ3n) is 7.20. The van der Waals surface area contributed by atoms with Crippen LogP contribution in [0, 0.1) is 6.92 Å². The molecule has 2 amide bonds. The van der Waals surface area contributed by atoms with Gasteiger partial charge in [-0.1, -0.05) is 6.07 Å². The number of likely N-dealkylation sites (tertiary alicyclic amines) is 1. The summed E-state index contributed by atoms with van der Waals surface area (Å²) in [6.07, 6.45) is 8.18. The van der Waals surface area contributed by atoms with Crippen LogP contribution in [0.4, 0.5) is 0 Å². The van der Waals surface area contributed by atoms with Crippen molar-refractivity contribution >= 4 is 11.8 Å². The molecular weight excluding hydrogens is 416 g/mol. The highest BCUT2D eigenvalue weighted by Gasteiger charge is 2.29. The molecule has 5 rings (SSSR count). The Hall–Kier alpha value is -2.80. The monoisotopic (exact) mass is 448 g/mol. The van der Waals surface area contributed by atoms with Gasteiger partial charge in [-0.3, -0.25) is 9.59 Å². The van der Waals surface area contributed by atoms with Gasteiger partial charge in [0.2, 0.25) is 0 Å². The number of aryl methyl sites for hydroxylation is 3. The van der Waals surface area contributed by atoms with E-state index >= 15 is 0 Å². The highest BCUT2D eigenvalue weighted by atomic mass is 16.5. The Morgan fingerprint density at radius 1 is 0.970 bits per heavy atom. The number of nitrogens with zero attached hydrogens (tertiary/aromatic N) is 4. The van der Waals surface area contributed by atoms with Gasteiger partial charge in [0.05, 0.1) is 24.5 Å². The number of hydrogen-bond acceptors (Lipinski definition) is 5. The largest absolute Gasteiger partial charge is 0.378 e. The van der Waals surface area contributed by atoms with Crippen LogP contribution in [-0.2, 0) is 17.6 Å². The fourth-order valence-electron chi connectivity index (χ4n) is 5.25. The normalized spacial score (nSPS) is 20.9. The van der Waals surface area contributed by atoms with E-state index in [1.54, 1.807) is 11.1 Å². The summed E-state index contributed by atoms with van der Waals surface area (Å²) < 4.78 is 5.35. The van der Waals surface area contributed by atoms with Crippen LogP contribution in [0.2, 0.25) is 0 Å². The Bertz CT molecular complexity index is 1050. The Morgan fingerprint density at radius 3 is 2.55 bits per heavy atom. The quantitative estimate of drug-likeness (QED) is 0.721. The molecule has 0 radical (unpaired) electrons.